The van der Waals surface area contributed by atoms with Gasteiger partial charge >= 0.3 is 0 Å². The molecule has 0 spiro atoms. The van der Waals surface area contributed by atoms with Crippen LogP contribution in [0.5, 0.6) is 0 Å². The molecule has 0 bridgehead atoms. The molecule has 0 heterocycles. The third-order valence-electron chi connectivity index (χ3n) is 11.8. The maximum atomic E-state index is 2.43. The summed E-state index contributed by atoms with van der Waals surface area (Å²) < 4.78 is 0. The molecule has 7 aromatic rings. The largest absolute Gasteiger partial charge is 0.310 e. The van der Waals surface area contributed by atoms with Crippen molar-refractivity contribution in [1.29, 1.82) is 0 Å². The molecule has 3 aliphatic carbocycles. The van der Waals surface area contributed by atoms with Crippen molar-refractivity contribution in [3.8, 4) is 11.1 Å². The molecule has 10 rings (SSSR count). The fourth-order valence-electron chi connectivity index (χ4n) is 9.06. The summed E-state index contributed by atoms with van der Waals surface area (Å²) in [7, 11) is 0. The molecule has 0 radical (unpaired) electrons. The van der Waals surface area contributed by atoms with Crippen molar-refractivity contribution < 1.29 is 0 Å². The minimum Gasteiger partial charge on any atom is -0.310 e. The van der Waals surface area contributed by atoms with Gasteiger partial charge in [0.1, 0.15) is 0 Å². The van der Waals surface area contributed by atoms with Crippen molar-refractivity contribution in [3.63, 3.8) is 0 Å². The van der Waals surface area contributed by atoms with E-state index in [1.54, 1.807) is 0 Å². The number of fused-ring (bicyclic) bond motifs is 2. The van der Waals surface area contributed by atoms with Gasteiger partial charge in [-0.05, 0) is 94.4 Å². The maximum absolute atomic E-state index is 2.43. The van der Waals surface area contributed by atoms with Gasteiger partial charge in [0.05, 0.1) is 0 Å². The Labute approximate surface area is 342 Å². The fraction of sp³-hybridized carbons (Fsp3) is 0.0714. The summed E-state index contributed by atoms with van der Waals surface area (Å²) in [5.41, 5.74) is 16.0. The van der Waals surface area contributed by atoms with Crippen molar-refractivity contribution in [1.82, 2.24) is 0 Å². The second-order valence-electron chi connectivity index (χ2n) is 15.2. The Hall–Kier alpha value is -7.16. The van der Waals surface area contributed by atoms with Crippen LogP contribution < -0.4 is 9.80 Å². The van der Waals surface area contributed by atoms with Crippen LogP contribution in [0.2, 0.25) is 0 Å². The minimum atomic E-state index is 0.259. The van der Waals surface area contributed by atoms with E-state index in [4.69, 9.17) is 0 Å². The monoisotopic (exact) mass is 744 g/mol. The molecular weight excluding hydrogens is 701 g/mol. The molecule has 7 aromatic carbocycles. The molecular formula is C56H44N2. The number of benzene rings is 7. The van der Waals surface area contributed by atoms with Gasteiger partial charge in [0.15, 0.2) is 0 Å². The molecule has 0 aromatic heterocycles. The standard InChI is InChI=1S/C56H44N2/c1-5-17-43(18-6-1)49-37-39-55(53-27-15-13-25-51(49)53)57(45-21-9-3-10-22-45)47-33-29-41(30-34-47)42-31-35-48(36-32-42)58(46-23-11-4-12-24-46)56-40-38-50(44-19-7-2-8-20-44)52-26-14-16-28-54(52)56/h1-37,39-40,49-51H,38H2. The lowest BCUT2D eigenvalue weighted by molar-refractivity contribution is 0.660. The maximum Gasteiger partial charge on any atom is 0.0497 e. The number of allylic oxidation sites excluding steroid dienone is 8. The number of nitrogens with zero attached hydrogens (tertiary/aromatic N) is 2. The molecule has 0 aliphatic heterocycles. The highest BCUT2D eigenvalue weighted by molar-refractivity contribution is 5.90. The van der Waals surface area contributed by atoms with E-state index in [2.05, 4.69) is 246 Å². The van der Waals surface area contributed by atoms with E-state index >= 15 is 0 Å². The fourth-order valence-corrected chi connectivity index (χ4v) is 9.06. The van der Waals surface area contributed by atoms with Crippen molar-refractivity contribution >= 4 is 28.4 Å². The Kier molecular flexibility index (Phi) is 9.59. The zero-order valence-electron chi connectivity index (χ0n) is 32.4. The van der Waals surface area contributed by atoms with Crippen LogP contribution in [-0.2, 0) is 0 Å². The van der Waals surface area contributed by atoms with Crippen molar-refractivity contribution in [3.05, 3.63) is 270 Å². The number of anilines is 4. The van der Waals surface area contributed by atoms with Crippen molar-refractivity contribution in [2.24, 2.45) is 5.92 Å². The lowest BCUT2D eigenvalue weighted by atomic mass is 9.75. The van der Waals surface area contributed by atoms with Crippen LogP contribution in [0.4, 0.5) is 22.7 Å². The van der Waals surface area contributed by atoms with Gasteiger partial charge in [-0.1, -0.05) is 182 Å². The molecule has 3 unspecified atom stereocenters. The highest BCUT2D eigenvalue weighted by Crippen LogP contribution is 2.46. The Morgan fingerprint density at radius 3 is 1.55 bits per heavy atom. The minimum absolute atomic E-state index is 0.259. The highest BCUT2D eigenvalue weighted by atomic mass is 15.2. The second-order valence-corrected chi connectivity index (χ2v) is 15.2. The Morgan fingerprint density at radius 2 is 0.914 bits per heavy atom. The van der Waals surface area contributed by atoms with Crippen molar-refractivity contribution in [2.45, 2.75) is 18.3 Å². The van der Waals surface area contributed by atoms with E-state index in [9.17, 15) is 0 Å². The van der Waals surface area contributed by atoms with Crippen LogP contribution in [0.1, 0.15) is 40.5 Å². The number of rotatable bonds is 9. The predicted octanol–water partition coefficient (Wildman–Crippen LogP) is 14.6. The molecule has 0 N–H and O–H groups in total. The summed E-state index contributed by atoms with van der Waals surface area (Å²) in [6.07, 6.45) is 17.1. The molecule has 278 valence electrons. The molecule has 2 heteroatoms. The Balaban J connectivity index is 0.977. The lowest BCUT2D eigenvalue weighted by Crippen LogP contribution is -2.24. The number of para-hydroxylation sites is 2. The topological polar surface area (TPSA) is 6.48 Å². The third kappa shape index (κ3) is 6.73. The molecule has 0 fully saturated rings. The van der Waals surface area contributed by atoms with Gasteiger partial charge in [0.25, 0.3) is 0 Å². The summed E-state index contributed by atoms with van der Waals surface area (Å²) in [5.74, 6) is 0.879. The van der Waals surface area contributed by atoms with Crippen LogP contribution in [0, 0.1) is 5.92 Å². The number of hydrogen-bond acceptors (Lipinski definition) is 2. The zero-order chi connectivity index (χ0) is 38.7. The van der Waals surface area contributed by atoms with Crippen molar-refractivity contribution in [2.75, 3.05) is 9.80 Å². The van der Waals surface area contributed by atoms with E-state index in [-0.39, 0.29) is 11.8 Å². The van der Waals surface area contributed by atoms with Gasteiger partial charge < -0.3 is 9.80 Å². The zero-order valence-corrected chi connectivity index (χ0v) is 32.4. The third-order valence-corrected chi connectivity index (χ3v) is 11.8. The average molecular weight is 745 g/mol. The molecule has 0 saturated carbocycles. The summed E-state index contributed by atoms with van der Waals surface area (Å²) in [4.78, 5) is 4.83. The van der Waals surface area contributed by atoms with E-state index in [1.807, 2.05) is 0 Å². The van der Waals surface area contributed by atoms with Crippen LogP contribution in [0.15, 0.2) is 248 Å². The first-order valence-electron chi connectivity index (χ1n) is 20.4. The smallest absolute Gasteiger partial charge is 0.0497 e. The number of hydrogen-bond donors (Lipinski definition) is 0. The summed E-state index contributed by atoms with van der Waals surface area (Å²) >= 11 is 0. The Bertz CT molecular complexity index is 2670. The van der Waals surface area contributed by atoms with Crippen LogP contribution in [0.25, 0.3) is 16.8 Å². The van der Waals surface area contributed by atoms with Gasteiger partial charge in [0, 0.05) is 57.5 Å². The van der Waals surface area contributed by atoms with E-state index in [1.165, 1.54) is 50.3 Å². The summed E-state index contributed by atoms with van der Waals surface area (Å²) in [6.45, 7) is 0. The van der Waals surface area contributed by atoms with E-state index in [0.717, 1.165) is 29.2 Å². The predicted molar refractivity (Wildman–Crippen MR) is 243 cm³/mol. The van der Waals surface area contributed by atoms with Gasteiger partial charge in [0.2, 0.25) is 0 Å². The first-order valence-corrected chi connectivity index (χ1v) is 20.4. The summed E-state index contributed by atoms with van der Waals surface area (Å²) in [6, 6.07) is 70.3. The van der Waals surface area contributed by atoms with E-state index in [0.29, 0.717) is 5.92 Å². The molecule has 0 saturated heterocycles. The SMILES string of the molecule is C1=CC2=C(N(c3ccccc3)c3ccc(-c4ccc(N(C5=CCC(c6ccccc6)c6ccccc65)c5ccccc5)cc4)cc3)C=CC(c3ccccc3)C2C=C1. The first-order chi connectivity index (χ1) is 28.8. The quantitative estimate of drug-likeness (QED) is 0.145. The summed E-state index contributed by atoms with van der Waals surface area (Å²) in [5, 5.41) is 0. The Morgan fingerprint density at radius 1 is 0.397 bits per heavy atom. The van der Waals surface area contributed by atoms with E-state index < -0.39 is 0 Å². The van der Waals surface area contributed by atoms with Gasteiger partial charge in [-0.15, -0.1) is 0 Å². The molecule has 0 amide bonds. The molecule has 3 aliphatic rings. The molecule has 3 atom stereocenters. The second kappa shape index (κ2) is 15.8. The van der Waals surface area contributed by atoms with Crippen LogP contribution in [-0.4, -0.2) is 0 Å². The lowest BCUT2D eigenvalue weighted by Gasteiger charge is -2.36. The highest BCUT2D eigenvalue weighted by Gasteiger charge is 2.31. The van der Waals surface area contributed by atoms with Gasteiger partial charge in [-0.25, -0.2) is 0 Å². The van der Waals surface area contributed by atoms with Crippen LogP contribution >= 0.6 is 0 Å². The molecule has 2 nitrogen and oxygen atoms in total. The van der Waals surface area contributed by atoms with Gasteiger partial charge in [-0.2, -0.15) is 0 Å². The normalized spacial score (nSPS) is 17.9. The molecule has 58 heavy (non-hydrogen) atoms. The van der Waals surface area contributed by atoms with Crippen LogP contribution in [0.3, 0.4) is 0 Å². The van der Waals surface area contributed by atoms with Gasteiger partial charge in [-0.3, -0.25) is 0 Å². The average Bonchev–Trinajstić information content (AvgIpc) is 3.31. The first kappa shape index (κ1) is 35.3.